The molecule has 2 aromatic carbocycles. The second-order valence-electron chi connectivity index (χ2n) is 6.62. The molecule has 2 amide bonds. The molecule has 0 spiro atoms. The first kappa shape index (κ1) is 18.1. The van der Waals surface area contributed by atoms with Crippen LogP contribution < -0.4 is 0 Å². The highest BCUT2D eigenvalue weighted by molar-refractivity contribution is 5.94. The molecule has 2 aromatic rings. The van der Waals surface area contributed by atoms with E-state index < -0.39 is 0 Å². The summed E-state index contributed by atoms with van der Waals surface area (Å²) in [7, 11) is 0. The van der Waals surface area contributed by atoms with Crippen molar-refractivity contribution in [2.45, 2.75) is 19.8 Å². The Morgan fingerprint density at radius 3 is 2.27 bits per heavy atom. The van der Waals surface area contributed by atoms with Gasteiger partial charge < -0.3 is 9.80 Å². The maximum Gasteiger partial charge on any atom is 0.254 e. The van der Waals surface area contributed by atoms with Crippen molar-refractivity contribution < 1.29 is 14.0 Å². The number of halogens is 1. The van der Waals surface area contributed by atoms with Gasteiger partial charge in [-0.25, -0.2) is 4.39 Å². The minimum atomic E-state index is -0.370. The van der Waals surface area contributed by atoms with Gasteiger partial charge >= 0.3 is 0 Å². The third-order valence-electron chi connectivity index (χ3n) is 4.81. The number of aryl methyl sites for hydroxylation is 2. The normalized spacial score (nSPS) is 14.4. The van der Waals surface area contributed by atoms with Gasteiger partial charge in [-0.2, -0.15) is 0 Å². The molecular weight excluding hydrogens is 331 g/mol. The van der Waals surface area contributed by atoms with E-state index in [2.05, 4.69) is 0 Å². The predicted molar refractivity (Wildman–Crippen MR) is 98.4 cm³/mol. The van der Waals surface area contributed by atoms with E-state index in [1.54, 1.807) is 24.0 Å². The standard InChI is InChI=1S/C21H23FN2O2/c1-16-7-9-18(15-19(16)22)21(26)24-13-11-23(12-14-24)20(25)10-8-17-5-3-2-4-6-17/h2-7,9,15H,8,10-14H2,1H3. The molecule has 0 bridgehead atoms. The van der Waals surface area contributed by atoms with Crippen LogP contribution in [-0.4, -0.2) is 47.8 Å². The summed E-state index contributed by atoms with van der Waals surface area (Å²) in [6.07, 6.45) is 1.20. The molecule has 0 aromatic heterocycles. The van der Waals surface area contributed by atoms with Crippen molar-refractivity contribution in [3.05, 3.63) is 71.0 Å². The highest BCUT2D eigenvalue weighted by Crippen LogP contribution is 2.14. The summed E-state index contributed by atoms with van der Waals surface area (Å²) >= 11 is 0. The lowest BCUT2D eigenvalue weighted by Crippen LogP contribution is -2.50. The van der Waals surface area contributed by atoms with Crippen LogP contribution in [0, 0.1) is 12.7 Å². The minimum absolute atomic E-state index is 0.113. The number of nitrogens with zero attached hydrogens (tertiary/aromatic N) is 2. The van der Waals surface area contributed by atoms with Crippen LogP contribution in [-0.2, 0) is 11.2 Å². The van der Waals surface area contributed by atoms with Crippen LogP contribution in [0.25, 0.3) is 0 Å². The first-order valence-corrected chi connectivity index (χ1v) is 8.92. The second-order valence-corrected chi connectivity index (χ2v) is 6.62. The topological polar surface area (TPSA) is 40.6 Å². The molecule has 26 heavy (non-hydrogen) atoms. The molecule has 0 saturated carbocycles. The van der Waals surface area contributed by atoms with Crippen LogP contribution >= 0.6 is 0 Å². The van der Waals surface area contributed by atoms with Gasteiger partial charge in [0.25, 0.3) is 5.91 Å². The van der Waals surface area contributed by atoms with Crippen LogP contribution in [0.3, 0.4) is 0 Å². The minimum Gasteiger partial charge on any atom is -0.339 e. The molecule has 136 valence electrons. The summed E-state index contributed by atoms with van der Waals surface area (Å²) in [6.45, 7) is 3.67. The highest BCUT2D eigenvalue weighted by Gasteiger charge is 2.25. The fourth-order valence-electron chi connectivity index (χ4n) is 3.12. The van der Waals surface area contributed by atoms with Crippen LogP contribution in [0.15, 0.2) is 48.5 Å². The molecule has 0 unspecified atom stereocenters. The highest BCUT2D eigenvalue weighted by atomic mass is 19.1. The van der Waals surface area contributed by atoms with E-state index in [1.165, 1.54) is 6.07 Å². The average Bonchev–Trinajstić information content (AvgIpc) is 2.68. The molecule has 0 N–H and O–H groups in total. The van der Waals surface area contributed by atoms with E-state index in [-0.39, 0.29) is 17.6 Å². The Morgan fingerprint density at radius 1 is 0.962 bits per heavy atom. The van der Waals surface area contributed by atoms with Crippen molar-refractivity contribution in [1.29, 1.82) is 0 Å². The Hall–Kier alpha value is -2.69. The van der Waals surface area contributed by atoms with Gasteiger partial charge in [0.1, 0.15) is 5.82 Å². The van der Waals surface area contributed by atoms with Gasteiger partial charge in [0, 0.05) is 38.2 Å². The maximum atomic E-state index is 13.7. The second kappa shape index (κ2) is 8.13. The lowest BCUT2D eigenvalue weighted by Gasteiger charge is -2.35. The lowest BCUT2D eigenvalue weighted by atomic mass is 10.1. The number of hydrogen-bond acceptors (Lipinski definition) is 2. The van der Waals surface area contributed by atoms with Gasteiger partial charge in [-0.1, -0.05) is 36.4 Å². The Bertz CT molecular complexity index is 784. The number of carbonyl (C=O) groups is 2. The van der Waals surface area contributed by atoms with Crippen molar-refractivity contribution in [3.63, 3.8) is 0 Å². The number of hydrogen-bond donors (Lipinski definition) is 0. The Morgan fingerprint density at radius 2 is 1.62 bits per heavy atom. The van der Waals surface area contributed by atoms with Gasteiger partial charge in [-0.3, -0.25) is 9.59 Å². The van der Waals surface area contributed by atoms with Crippen LogP contribution in [0.2, 0.25) is 0 Å². The number of benzene rings is 2. The summed E-state index contributed by atoms with van der Waals surface area (Å²) in [6, 6.07) is 14.5. The van der Waals surface area contributed by atoms with E-state index >= 15 is 0 Å². The van der Waals surface area contributed by atoms with Crippen LogP contribution in [0.5, 0.6) is 0 Å². The van der Waals surface area contributed by atoms with Crippen molar-refractivity contribution >= 4 is 11.8 Å². The predicted octanol–water partition coefficient (Wildman–Crippen LogP) is 3.05. The van der Waals surface area contributed by atoms with Gasteiger partial charge in [-0.15, -0.1) is 0 Å². The Labute approximate surface area is 153 Å². The monoisotopic (exact) mass is 354 g/mol. The molecule has 1 saturated heterocycles. The fourth-order valence-corrected chi connectivity index (χ4v) is 3.12. The summed E-state index contributed by atoms with van der Waals surface area (Å²) in [5, 5.41) is 0. The van der Waals surface area contributed by atoms with Gasteiger partial charge in [-0.05, 0) is 36.6 Å². The molecule has 0 aliphatic carbocycles. The van der Waals surface area contributed by atoms with E-state index in [9.17, 15) is 14.0 Å². The zero-order chi connectivity index (χ0) is 18.5. The largest absolute Gasteiger partial charge is 0.339 e. The molecule has 1 heterocycles. The van der Waals surface area contributed by atoms with Gasteiger partial charge in [0.05, 0.1) is 0 Å². The molecule has 4 nitrogen and oxygen atoms in total. The summed E-state index contributed by atoms with van der Waals surface area (Å²) in [4.78, 5) is 28.4. The Balaban J connectivity index is 1.51. The van der Waals surface area contributed by atoms with Crippen molar-refractivity contribution in [2.75, 3.05) is 26.2 Å². The van der Waals surface area contributed by atoms with Crippen LogP contribution in [0.1, 0.15) is 27.9 Å². The van der Waals surface area contributed by atoms with Gasteiger partial charge in [0.15, 0.2) is 0 Å². The SMILES string of the molecule is Cc1ccc(C(=O)N2CCN(C(=O)CCc3ccccc3)CC2)cc1F. The Kier molecular flexibility index (Phi) is 5.66. The summed E-state index contributed by atoms with van der Waals surface area (Å²) < 4.78 is 13.7. The van der Waals surface area contributed by atoms with Crippen molar-refractivity contribution in [2.24, 2.45) is 0 Å². The lowest BCUT2D eigenvalue weighted by molar-refractivity contribution is -0.132. The molecule has 5 heteroatoms. The van der Waals surface area contributed by atoms with E-state index in [0.29, 0.717) is 43.7 Å². The molecule has 1 aliphatic rings. The van der Waals surface area contributed by atoms with E-state index in [1.807, 2.05) is 35.2 Å². The smallest absolute Gasteiger partial charge is 0.254 e. The average molecular weight is 354 g/mol. The fraction of sp³-hybridized carbons (Fsp3) is 0.333. The summed E-state index contributed by atoms with van der Waals surface area (Å²) in [5.41, 5.74) is 2.03. The molecule has 1 aliphatic heterocycles. The summed E-state index contributed by atoms with van der Waals surface area (Å²) in [5.74, 6) is -0.437. The number of piperazine rings is 1. The van der Waals surface area contributed by atoms with Crippen molar-refractivity contribution in [1.82, 2.24) is 9.80 Å². The molecule has 0 atom stereocenters. The maximum absolute atomic E-state index is 13.7. The zero-order valence-corrected chi connectivity index (χ0v) is 15.0. The zero-order valence-electron chi connectivity index (χ0n) is 15.0. The van der Waals surface area contributed by atoms with E-state index in [4.69, 9.17) is 0 Å². The first-order chi connectivity index (χ1) is 12.5. The molecular formula is C21H23FN2O2. The third kappa shape index (κ3) is 4.28. The third-order valence-corrected chi connectivity index (χ3v) is 4.81. The number of amides is 2. The molecule has 3 rings (SSSR count). The van der Waals surface area contributed by atoms with Crippen LogP contribution in [0.4, 0.5) is 4.39 Å². The molecule has 1 fully saturated rings. The van der Waals surface area contributed by atoms with Crippen molar-refractivity contribution in [3.8, 4) is 0 Å². The number of rotatable bonds is 4. The number of carbonyl (C=O) groups excluding carboxylic acids is 2. The van der Waals surface area contributed by atoms with Gasteiger partial charge in [0.2, 0.25) is 5.91 Å². The quantitative estimate of drug-likeness (QED) is 0.847. The van der Waals surface area contributed by atoms with E-state index in [0.717, 1.165) is 12.0 Å². The molecule has 0 radical (unpaired) electrons. The first-order valence-electron chi connectivity index (χ1n) is 8.92.